The summed E-state index contributed by atoms with van der Waals surface area (Å²) < 4.78 is 50.1. The number of nitrogens with zero attached hydrogens (tertiary/aromatic N) is 1. The Labute approximate surface area is 119 Å². The van der Waals surface area contributed by atoms with Crippen molar-refractivity contribution in [1.29, 1.82) is 0 Å². The molecule has 21 heavy (non-hydrogen) atoms. The van der Waals surface area contributed by atoms with Crippen LogP contribution < -0.4 is 5.43 Å². The van der Waals surface area contributed by atoms with Crippen molar-refractivity contribution in [3.63, 3.8) is 0 Å². The van der Waals surface area contributed by atoms with Crippen molar-refractivity contribution in [1.82, 2.24) is 4.40 Å². The minimum atomic E-state index is -4.85. The molecule has 0 aliphatic carbocycles. The molecule has 2 heterocycles. The molecule has 1 atom stereocenters. The first kappa shape index (κ1) is 13.8. The zero-order valence-corrected chi connectivity index (χ0v) is 11.2. The van der Waals surface area contributed by atoms with E-state index in [0.29, 0.717) is 10.8 Å². The average Bonchev–Trinajstić information content (AvgIpc) is 2.81. The van der Waals surface area contributed by atoms with Crippen molar-refractivity contribution in [2.45, 2.75) is 10.4 Å². The number of hydrogen-bond acceptors (Lipinski definition) is 2. The number of hydrogen-bond donors (Lipinski definition) is 0. The third kappa shape index (κ3) is 2.33. The van der Waals surface area contributed by atoms with Gasteiger partial charge in [0.1, 0.15) is 0 Å². The first-order valence-electron chi connectivity index (χ1n) is 5.90. The zero-order valence-electron chi connectivity index (χ0n) is 10.4. The Morgan fingerprint density at radius 3 is 2.52 bits per heavy atom. The van der Waals surface area contributed by atoms with Gasteiger partial charge in [-0.25, -0.2) is 4.21 Å². The normalized spacial score (nSPS) is 13.7. The molecule has 0 spiro atoms. The monoisotopic (exact) mass is 311 g/mol. The van der Waals surface area contributed by atoms with Crippen LogP contribution in [0, 0.1) is 0 Å². The summed E-state index contributed by atoms with van der Waals surface area (Å²) in [7, 11) is -3.15. The maximum Gasteiger partial charge on any atom is 0.475 e. The maximum absolute atomic E-state index is 12.5. The van der Waals surface area contributed by atoms with E-state index in [1.807, 2.05) is 0 Å². The Bertz CT molecular complexity index is 931. The molecule has 3 aromatic rings. The van der Waals surface area contributed by atoms with Crippen molar-refractivity contribution >= 4 is 27.1 Å². The molecule has 0 N–H and O–H groups in total. The summed E-state index contributed by atoms with van der Waals surface area (Å²) in [5.41, 5.74) is -5.19. The van der Waals surface area contributed by atoms with Crippen molar-refractivity contribution in [3.8, 4) is 0 Å². The van der Waals surface area contributed by atoms with Crippen molar-refractivity contribution in [3.05, 3.63) is 59.0 Å². The smallest absolute Gasteiger partial charge is 0.319 e. The molecule has 0 fully saturated rings. The summed E-state index contributed by atoms with van der Waals surface area (Å²) in [6.45, 7) is 0. The predicted octanol–water partition coefficient (Wildman–Crippen LogP) is 3.08. The molecule has 0 amide bonds. The van der Waals surface area contributed by atoms with Gasteiger partial charge in [-0.15, -0.1) is 0 Å². The topological polar surface area (TPSA) is 38.5 Å². The van der Waals surface area contributed by atoms with E-state index in [2.05, 4.69) is 0 Å². The van der Waals surface area contributed by atoms with Crippen LogP contribution in [0.15, 0.2) is 58.5 Å². The number of benzene rings is 1. The fraction of sp³-hybridized carbons (Fsp3) is 0.0714. The van der Waals surface area contributed by atoms with Gasteiger partial charge < -0.3 is 4.40 Å². The molecular formula is C14H8F3NO2S. The third-order valence-electron chi connectivity index (χ3n) is 3.10. The van der Waals surface area contributed by atoms with Crippen LogP contribution in [0.3, 0.4) is 0 Å². The van der Waals surface area contributed by atoms with Crippen molar-refractivity contribution < 1.29 is 17.4 Å². The minimum absolute atomic E-state index is 0.0591. The second-order valence-electron chi connectivity index (χ2n) is 4.41. The Balaban J connectivity index is 2.34. The van der Waals surface area contributed by atoms with Crippen LogP contribution in [0.1, 0.15) is 0 Å². The van der Waals surface area contributed by atoms with Gasteiger partial charge in [-0.2, -0.15) is 13.2 Å². The number of rotatable bonds is 1. The van der Waals surface area contributed by atoms with E-state index in [1.54, 1.807) is 30.3 Å². The minimum Gasteiger partial charge on any atom is -0.319 e. The van der Waals surface area contributed by atoms with Gasteiger partial charge >= 0.3 is 5.51 Å². The molecule has 0 bridgehead atoms. The van der Waals surface area contributed by atoms with Gasteiger partial charge in [0, 0.05) is 17.8 Å². The summed E-state index contributed by atoms with van der Waals surface area (Å²) in [6, 6.07) is 9.44. The summed E-state index contributed by atoms with van der Waals surface area (Å²) >= 11 is 0. The third-order valence-corrected chi connectivity index (χ3v) is 4.17. The lowest BCUT2D eigenvalue weighted by Gasteiger charge is -2.02. The molecule has 3 nitrogen and oxygen atoms in total. The average molecular weight is 311 g/mol. The van der Waals surface area contributed by atoms with Crippen LogP contribution in [0.4, 0.5) is 13.2 Å². The van der Waals surface area contributed by atoms with Crippen LogP contribution in [0.2, 0.25) is 0 Å². The van der Waals surface area contributed by atoms with Crippen LogP contribution in [0.25, 0.3) is 16.3 Å². The molecular weight excluding hydrogens is 303 g/mol. The van der Waals surface area contributed by atoms with E-state index in [-0.39, 0.29) is 5.52 Å². The molecule has 0 aliphatic heterocycles. The first-order valence-corrected chi connectivity index (χ1v) is 7.05. The molecule has 0 saturated carbocycles. The molecule has 0 radical (unpaired) electrons. The Morgan fingerprint density at radius 1 is 1.10 bits per heavy atom. The highest BCUT2D eigenvalue weighted by molar-refractivity contribution is 7.86. The summed E-state index contributed by atoms with van der Waals surface area (Å²) in [6.07, 6.45) is 2.55. The van der Waals surface area contributed by atoms with Gasteiger partial charge in [0.05, 0.1) is 10.4 Å². The Morgan fingerprint density at radius 2 is 1.81 bits per heavy atom. The van der Waals surface area contributed by atoms with Gasteiger partial charge in [-0.1, -0.05) is 24.3 Å². The number of aromatic nitrogens is 1. The molecule has 1 aromatic carbocycles. The Kier molecular flexibility index (Phi) is 3.09. The van der Waals surface area contributed by atoms with Gasteiger partial charge in [-0.3, -0.25) is 4.79 Å². The van der Waals surface area contributed by atoms with Gasteiger partial charge in [-0.05, 0) is 17.5 Å². The summed E-state index contributed by atoms with van der Waals surface area (Å²) in [4.78, 5) is 11.9. The fourth-order valence-corrected chi connectivity index (χ4v) is 2.84. The Hall–Kier alpha value is -2.15. The highest BCUT2D eigenvalue weighted by atomic mass is 32.2. The first-order chi connectivity index (χ1) is 9.88. The van der Waals surface area contributed by atoms with Gasteiger partial charge in [0.25, 0.3) is 0 Å². The van der Waals surface area contributed by atoms with E-state index in [4.69, 9.17) is 0 Å². The quantitative estimate of drug-likeness (QED) is 0.693. The molecule has 0 aliphatic rings. The number of alkyl halides is 3. The van der Waals surface area contributed by atoms with E-state index >= 15 is 0 Å². The number of fused-ring (bicyclic) bond motifs is 2. The van der Waals surface area contributed by atoms with Crippen LogP contribution in [-0.4, -0.2) is 14.1 Å². The van der Waals surface area contributed by atoms with Crippen LogP contribution in [-0.2, 0) is 10.8 Å². The van der Waals surface area contributed by atoms with Crippen molar-refractivity contribution in [2.75, 3.05) is 0 Å². The van der Waals surface area contributed by atoms with Crippen LogP contribution >= 0.6 is 0 Å². The van der Waals surface area contributed by atoms with E-state index in [9.17, 15) is 22.2 Å². The van der Waals surface area contributed by atoms with Gasteiger partial charge in [0.15, 0.2) is 10.8 Å². The highest BCUT2D eigenvalue weighted by Gasteiger charge is 2.38. The molecule has 108 valence electrons. The maximum atomic E-state index is 12.5. The standard InChI is InChI=1S/C14H8F3NO2S/c15-14(16,17)21(20)10-7-12-13(19)11-4-2-1-3-9(11)5-6-18(12)8-10/h1-8H. The largest absolute Gasteiger partial charge is 0.475 e. The lowest BCUT2D eigenvalue weighted by Crippen LogP contribution is -2.15. The molecule has 0 saturated heterocycles. The number of halogens is 3. The lowest BCUT2D eigenvalue weighted by atomic mass is 10.2. The summed E-state index contributed by atoms with van der Waals surface area (Å²) in [5, 5.41) is 1.08. The fourth-order valence-electron chi connectivity index (χ4n) is 2.14. The summed E-state index contributed by atoms with van der Waals surface area (Å²) in [5.74, 6) is 0. The lowest BCUT2D eigenvalue weighted by molar-refractivity contribution is -0.0384. The highest BCUT2D eigenvalue weighted by Crippen LogP contribution is 2.27. The predicted molar refractivity (Wildman–Crippen MR) is 73.6 cm³/mol. The van der Waals surface area contributed by atoms with Crippen LogP contribution in [0.5, 0.6) is 0 Å². The molecule has 1 unspecified atom stereocenters. The van der Waals surface area contributed by atoms with Gasteiger partial charge in [0.2, 0.25) is 5.43 Å². The van der Waals surface area contributed by atoms with E-state index < -0.39 is 26.6 Å². The molecule has 7 heteroatoms. The van der Waals surface area contributed by atoms with E-state index in [0.717, 1.165) is 12.3 Å². The second kappa shape index (κ2) is 4.70. The van der Waals surface area contributed by atoms with Crippen molar-refractivity contribution in [2.24, 2.45) is 0 Å². The van der Waals surface area contributed by atoms with E-state index in [1.165, 1.54) is 10.6 Å². The second-order valence-corrected chi connectivity index (χ2v) is 5.89. The molecule has 3 rings (SSSR count). The zero-order chi connectivity index (χ0) is 15.2. The molecule has 2 aromatic heterocycles. The SMILES string of the molecule is O=c1c2ccccc2ccn2cc(S(=O)C(F)(F)F)cc12.